The molecule has 0 aromatic rings. The molecule has 0 bridgehead atoms. The summed E-state index contributed by atoms with van der Waals surface area (Å²) in [5, 5.41) is 12.6. The molecule has 1 aliphatic rings. The topological polar surface area (TPSA) is 52.6 Å². The highest BCUT2D eigenvalue weighted by atomic mass is 16.3. The van der Waals surface area contributed by atoms with Gasteiger partial charge < -0.3 is 15.3 Å². The van der Waals surface area contributed by atoms with Crippen LogP contribution >= 0.6 is 0 Å². The average Bonchev–Trinajstić information content (AvgIpc) is 2.38. The minimum absolute atomic E-state index is 0.00489. The molecule has 0 saturated carbocycles. The van der Waals surface area contributed by atoms with Gasteiger partial charge in [0.15, 0.2) is 0 Å². The second-order valence-electron chi connectivity index (χ2n) is 6.20. The van der Waals surface area contributed by atoms with Crippen LogP contribution in [0.15, 0.2) is 0 Å². The predicted octanol–water partition coefficient (Wildman–Crippen LogP) is 1.77. The van der Waals surface area contributed by atoms with Gasteiger partial charge in [0, 0.05) is 12.6 Å². The summed E-state index contributed by atoms with van der Waals surface area (Å²) in [6.07, 6.45) is 4.08. The van der Waals surface area contributed by atoms with Crippen molar-refractivity contribution in [2.45, 2.75) is 65.5 Å². The molecule has 1 amide bonds. The smallest absolute Gasteiger partial charge is 0.240 e. The van der Waals surface area contributed by atoms with Crippen LogP contribution < -0.4 is 5.32 Å². The van der Waals surface area contributed by atoms with Crippen LogP contribution in [0.25, 0.3) is 0 Å². The lowest BCUT2D eigenvalue weighted by Gasteiger charge is -2.42. The number of nitrogens with zero attached hydrogens (tertiary/aromatic N) is 1. The third kappa shape index (κ3) is 3.93. The van der Waals surface area contributed by atoms with E-state index in [1.54, 1.807) is 0 Å². The molecular weight excluding hydrogens is 240 g/mol. The maximum atomic E-state index is 12.8. The lowest BCUT2D eigenvalue weighted by atomic mass is 9.76. The summed E-state index contributed by atoms with van der Waals surface area (Å²) < 4.78 is 0. The Bertz CT molecular complexity index is 288. The number of hydrogen-bond acceptors (Lipinski definition) is 3. The minimum atomic E-state index is -0.117. The molecule has 0 aliphatic carbocycles. The number of aliphatic hydroxyl groups excluding tert-OH is 1. The standard InChI is InChI=1S/C15H30N2O2/c1-5-12(6-2)17(10-11-18)14(19)13-15(3,4)8-7-9-16-13/h12-13,16,18H,5-11H2,1-4H3. The molecule has 1 aliphatic heterocycles. The van der Waals surface area contributed by atoms with Gasteiger partial charge in [-0.15, -0.1) is 0 Å². The summed E-state index contributed by atoms with van der Waals surface area (Å²) in [7, 11) is 0. The lowest BCUT2D eigenvalue weighted by molar-refractivity contribution is -0.140. The molecule has 0 aromatic heterocycles. The van der Waals surface area contributed by atoms with E-state index in [-0.39, 0.29) is 30.0 Å². The van der Waals surface area contributed by atoms with Gasteiger partial charge in [0.05, 0.1) is 12.6 Å². The van der Waals surface area contributed by atoms with E-state index in [9.17, 15) is 9.90 Å². The molecule has 1 heterocycles. The maximum Gasteiger partial charge on any atom is 0.240 e. The minimum Gasteiger partial charge on any atom is -0.395 e. The molecule has 4 nitrogen and oxygen atoms in total. The van der Waals surface area contributed by atoms with Crippen LogP contribution in [0.1, 0.15) is 53.4 Å². The van der Waals surface area contributed by atoms with Gasteiger partial charge in [0.25, 0.3) is 0 Å². The molecule has 2 N–H and O–H groups in total. The molecule has 1 saturated heterocycles. The highest BCUT2D eigenvalue weighted by molar-refractivity contribution is 5.83. The van der Waals surface area contributed by atoms with E-state index in [1.807, 2.05) is 4.90 Å². The Morgan fingerprint density at radius 2 is 2.05 bits per heavy atom. The lowest BCUT2D eigenvalue weighted by Crippen LogP contribution is -2.58. The summed E-state index contributed by atoms with van der Waals surface area (Å²) in [5.74, 6) is 0.160. The monoisotopic (exact) mass is 270 g/mol. The fraction of sp³-hybridized carbons (Fsp3) is 0.933. The predicted molar refractivity (Wildman–Crippen MR) is 78.0 cm³/mol. The van der Waals surface area contributed by atoms with Crippen LogP contribution in [0, 0.1) is 5.41 Å². The molecular formula is C15H30N2O2. The van der Waals surface area contributed by atoms with E-state index < -0.39 is 0 Å². The average molecular weight is 270 g/mol. The number of aliphatic hydroxyl groups is 1. The summed E-state index contributed by atoms with van der Waals surface area (Å²) >= 11 is 0. The second kappa shape index (κ2) is 7.25. The normalized spacial score (nSPS) is 22.5. The maximum absolute atomic E-state index is 12.8. The number of piperidine rings is 1. The van der Waals surface area contributed by atoms with Crippen molar-refractivity contribution in [2.24, 2.45) is 5.41 Å². The second-order valence-corrected chi connectivity index (χ2v) is 6.20. The first kappa shape index (κ1) is 16.4. The van der Waals surface area contributed by atoms with Gasteiger partial charge in [0.2, 0.25) is 5.91 Å². The quantitative estimate of drug-likeness (QED) is 0.773. The van der Waals surface area contributed by atoms with Crippen molar-refractivity contribution in [3.8, 4) is 0 Å². The van der Waals surface area contributed by atoms with Gasteiger partial charge in [-0.2, -0.15) is 0 Å². The van der Waals surface area contributed by atoms with E-state index in [1.165, 1.54) is 0 Å². The highest BCUT2D eigenvalue weighted by Gasteiger charge is 2.40. The van der Waals surface area contributed by atoms with Gasteiger partial charge in [0.1, 0.15) is 0 Å². The number of hydrogen-bond donors (Lipinski definition) is 2. The Balaban J connectivity index is 2.85. The van der Waals surface area contributed by atoms with Gasteiger partial charge >= 0.3 is 0 Å². The van der Waals surface area contributed by atoms with Crippen molar-refractivity contribution in [3.63, 3.8) is 0 Å². The Morgan fingerprint density at radius 1 is 1.42 bits per heavy atom. The van der Waals surface area contributed by atoms with Crippen molar-refractivity contribution < 1.29 is 9.90 Å². The van der Waals surface area contributed by atoms with Crippen molar-refractivity contribution in [1.82, 2.24) is 10.2 Å². The highest BCUT2D eigenvalue weighted by Crippen LogP contribution is 2.31. The number of carbonyl (C=O) groups is 1. The molecule has 112 valence electrons. The molecule has 4 heteroatoms. The van der Waals surface area contributed by atoms with Crippen LogP contribution in [0.2, 0.25) is 0 Å². The van der Waals surface area contributed by atoms with Crippen molar-refractivity contribution in [3.05, 3.63) is 0 Å². The molecule has 19 heavy (non-hydrogen) atoms. The molecule has 1 atom stereocenters. The van der Waals surface area contributed by atoms with Gasteiger partial charge in [-0.25, -0.2) is 0 Å². The third-order valence-electron chi connectivity index (χ3n) is 4.38. The van der Waals surface area contributed by atoms with Gasteiger partial charge in [-0.05, 0) is 37.6 Å². The van der Waals surface area contributed by atoms with Crippen LogP contribution in [0.3, 0.4) is 0 Å². The van der Waals surface area contributed by atoms with Crippen LogP contribution in [-0.4, -0.2) is 47.7 Å². The van der Waals surface area contributed by atoms with E-state index in [4.69, 9.17) is 0 Å². The SMILES string of the molecule is CCC(CC)N(CCO)C(=O)C1NCCCC1(C)C. The van der Waals surface area contributed by atoms with Gasteiger partial charge in [-0.3, -0.25) is 4.79 Å². The largest absolute Gasteiger partial charge is 0.395 e. The molecule has 1 unspecified atom stereocenters. The molecule has 0 aromatic carbocycles. The van der Waals surface area contributed by atoms with Crippen LogP contribution in [0.5, 0.6) is 0 Å². The first-order chi connectivity index (χ1) is 8.97. The van der Waals surface area contributed by atoms with E-state index in [0.717, 1.165) is 32.2 Å². The van der Waals surface area contributed by atoms with E-state index in [2.05, 4.69) is 33.0 Å². The molecule has 1 rings (SSSR count). The molecule has 0 spiro atoms. The zero-order valence-electron chi connectivity index (χ0n) is 12.9. The summed E-state index contributed by atoms with van der Waals surface area (Å²) in [6.45, 7) is 9.92. The summed E-state index contributed by atoms with van der Waals surface area (Å²) in [6, 6.07) is 0.118. The number of amides is 1. The number of carbonyl (C=O) groups excluding carboxylic acids is 1. The fourth-order valence-electron chi connectivity index (χ4n) is 3.11. The summed E-state index contributed by atoms with van der Waals surface area (Å²) in [5.41, 5.74) is -0.00489. The Kier molecular flexibility index (Phi) is 6.27. The van der Waals surface area contributed by atoms with Crippen molar-refractivity contribution in [2.75, 3.05) is 19.7 Å². The summed E-state index contributed by atoms with van der Waals surface area (Å²) in [4.78, 5) is 14.7. The molecule has 1 fully saturated rings. The first-order valence-electron chi connectivity index (χ1n) is 7.62. The van der Waals surface area contributed by atoms with Crippen LogP contribution in [0.4, 0.5) is 0 Å². The zero-order chi connectivity index (χ0) is 14.5. The Hall–Kier alpha value is -0.610. The number of rotatable bonds is 6. The first-order valence-corrected chi connectivity index (χ1v) is 7.62. The number of nitrogens with one attached hydrogen (secondary N) is 1. The van der Waals surface area contributed by atoms with Crippen molar-refractivity contribution >= 4 is 5.91 Å². The zero-order valence-corrected chi connectivity index (χ0v) is 12.9. The van der Waals surface area contributed by atoms with Crippen molar-refractivity contribution in [1.29, 1.82) is 0 Å². The van der Waals surface area contributed by atoms with Gasteiger partial charge in [-0.1, -0.05) is 27.7 Å². The fourth-order valence-corrected chi connectivity index (χ4v) is 3.11. The van der Waals surface area contributed by atoms with E-state index >= 15 is 0 Å². The van der Waals surface area contributed by atoms with E-state index in [0.29, 0.717) is 6.54 Å². The third-order valence-corrected chi connectivity index (χ3v) is 4.38. The molecule has 0 radical (unpaired) electrons. The Labute approximate surface area is 117 Å². The Morgan fingerprint density at radius 3 is 2.53 bits per heavy atom. The van der Waals surface area contributed by atoms with Crippen LogP contribution in [-0.2, 0) is 4.79 Å².